The molecule has 0 aromatic carbocycles. The first kappa shape index (κ1) is 14.6. The van der Waals surface area contributed by atoms with Gasteiger partial charge in [0.25, 0.3) is 0 Å². The number of amides is 1. The van der Waals surface area contributed by atoms with Crippen molar-refractivity contribution in [1.82, 2.24) is 20.1 Å². The number of nitrogens with one attached hydrogen (secondary N) is 1. The van der Waals surface area contributed by atoms with Gasteiger partial charge in [-0.3, -0.25) is 14.9 Å². The van der Waals surface area contributed by atoms with Crippen molar-refractivity contribution in [2.24, 2.45) is 5.92 Å². The van der Waals surface area contributed by atoms with E-state index in [4.69, 9.17) is 4.74 Å². The molecule has 3 rings (SSSR count). The Hall–Kier alpha value is -2.37. The van der Waals surface area contributed by atoms with E-state index in [2.05, 4.69) is 15.2 Å². The number of likely N-dealkylation sites (tertiary alicyclic amines) is 1. The maximum absolute atomic E-state index is 11.3. The summed E-state index contributed by atoms with van der Waals surface area (Å²) in [5, 5.41) is 6.69. The molecule has 0 unspecified atom stereocenters. The number of aromatic nitrogens is 3. The summed E-state index contributed by atoms with van der Waals surface area (Å²) in [5.41, 5.74) is 1.83. The molecule has 116 valence electrons. The molecule has 0 atom stereocenters. The van der Waals surface area contributed by atoms with Crippen molar-refractivity contribution < 1.29 is 9.53 Å². The molecular weight excluding hydrogens is 280 g/mol. The fourth-order valence-corrected chi connectivity index (χ4v) is 2.66. The number of rotatable bonds is 4. The van der Waals surface area contributed by atoms with Crippen LogP contribution in [0.15, 0.2) is 30.7 Å². The van der Waals surface area contributed by atoms with E-state index in [-0.39, 0.29) is 5.91 Å². The third-order valence-electron chi connectivity index (χ3n) is 4.08. The molecule has 1 saturated heterocycles. The Morgan fingerprint density at radius 2 is 2.18 bits per heavy atom. The molecule has 0 saturated carbocycles. The summed E-state index contributed by atoms with van der Waals surface area (Å²) in [6.45, 7) is 3.98. The highest BCUT2D eigenvalue weighted by Gasteiger charge is 2.21. The van der Waals surface area contributed by atoms with Crippen LogP contribution in [-0.4, -0.2) is 45.7 Å². The van der Waals surface area contributed by atoms with Gasteiger partial charge in [0.1, 0.15) is 5.75 Å². The van der Waals surface area contributed by atoms with Crippen LogP contribution in [0.25, 0.3) is 11.3 Å². The van der Waals surface area contributed by atoms with Crippen molar-refractivity contribution >= 4 is 5.91 Å². The van der Waals surface area contributed by atoms with E-state index in [1.54, 1.807) is 19.3 Å². The van der Waals surface area contributed by atoms with Gasteiger partial charge < -0.3 is 9.64 Å². The van der Waals surface area contributed by atoms with Crippen LogP contribution in [0.5, 0.6) is 5.75 Å². The van der Waals surface area contributed by atoms with Crippen LogP contribution in [0.3, 0.4) is 0 Å². The molecule has 1 aliphatic rings. The van der Waals surface area contributed by atoms with E-state index in [1.165, 1.54) is 0 Å². The van der Waals surface area contributed by atoms with Crippen LogP contribution in [0.2, 0.25) is 0 Å². The second-order valence-electron chi connectivity index (χ2n) is 5.63. The SMILES string of the molecule is CC(=O)N1CCC(COc2ccc(-c3cn[nH]c3)nc2)CC1. The molecule has 22 heavy (non-hydrogen) atoms. The average molecular weight is 300 g/mol. The molecule has 6 heteroatoms. The zero-order chi connectivity index (χ0) is 15.4. The minimum absolute atomic E-state index is 0.165. The molecule has 1 fully saturated rings. The summed E-state index contributed by atoms with van der Waals surface area (Å²) in [7, 11) is 0. The lowest BCUT2D eigenvalue weighted by Gasteiger charge is -2.31. The molecule has 1 N–H and O–H groups in total. The van der Waals surface area contributed by atoms with Crippen LogP contribution in [-0.2, 0) is 4.79 Å². The third kappa shape index (κ3) is 3.44. The Kier molecular flexibility index (Phi) is 4.37. The van der Waals surface area contributed by atoms with E-state index in [9.17, 15) is 4.79 Å². The summed E-state index contributed by atoms with van der Waals surface area (Å²) >= 11 is 0. The zero-order valence-corrected chi connectivity index (χ0v) is 12.7. The first-order valence-corrected chi connectivity index (χ1v) is 7.56. The summed E-state index contributed by atoms with van der Waals surface area (Å²) in [6.07, 6.45) is 7.30. The van der Waals surface area contributed by atoms with E-state index in [0.29, 0.717) is 12.5 Å². The number of aromatic amines is 1. The van der Waals surface area contributed by atoms with Gasteiger partial charge in [-0.2, -0.15) is 5.10 Å². The van der Waals surface area contributed by atoms with Crippen LogP contribution in [0, 0.1) is 5.92 Å². The Balaban J connectivity index is 1.49. The van der Waals surface area contributed by atoms with Crippen molar-refractivity contribution in [2.45, 2.75) is 19.8 Å². The predicted octanol–water partition coefficient (Wildman–Crippen LogP) is 2.11. The van der Waals surface area contributed by atoms with Gasteiger partial charge in [0, 0.05) is 31.8 Å². The van der Waals surface area contributed by atoms with Crippen LogP contribution in [0.1, 0.15) is 19.8 Å². The van der Waals surface area contributed by atoms with Crippen molar-refractivity contribution in [3.63, 3.8) is 0 Å². The normalized spacial score (nSPS) is 15.8. The Labute approximate surface area is 129 Å². The monoisotopic (exact) mass is 300 g/mol. The Morgan fingerprint density at radius 1 is 1.36 bits per heavy atom. The number of ether oxygens (including phenoxy) is 1. The smallest absolute Gasteiger partial charge is 0.219 e. The van der Waals surface area contributed by atoms with Gasteiger partial charge in [0.2, 0.25) is 5.91 Å². The van der Waals surface area contributed by atoms with Crippen LogP contribution < -0.4 is 4.74 Å². The summed E-state index contributed by atoms with van der Waals surface area (Å²) in [5.74, 6) is 1.45. The second kappa shape index (κ2) is 6.60. The summed E-state index contributed by atoms with van der Waals surface area (Å²) in [6, 6.07) is 3.86. The molecule has 6 nitrogen and oxygen atoms in total. The highest BCUT2D eigenvalue weighted by Crippen LogP contribution is 2.21. The van der Waals surface area contributed by atoms with Gasteiger partial charge in [-0.15, -0.1) is 0 Å². The molecule has 0 radical (unpaired) electrons. The summed E-state index contributed by atoms with van der Waals surface area (Å²) < 4.78 is 5.82. The second-order valence-corrected chi connectivity index (χ2v) is 5.63. The minimum Gasteiger partial charge on any atom is -0.492 e. The molecule has 3 heterocycles. The van der Waals surface area contributed by atoms with Gasteiger partial charge in [-0.05, 0) is 30.9 Å². The standard InChI is InChI=1S/C16H20N4O2/c1-12(21)20-6-4-13(5-7-20)11-22-15-2-3-16(17-10-15)14-8-18-19-9-14/h2-3,8-10,13H,4-7,11H2,1H3,(H,18,19). The zero-order valence-electron chi connectivity index (χ0n) is 12.7. The highest BCUT2D eigenvalue weighted by atomic mass is 16.5. The lowest BCUT2D eigenvalue weighted by atomic mass is 9.98. The van der Waals surface area contributed by atoms with Gasteiger partial charge >= 0.3 is 0 Å². The van der Waals surface area contributed by atoms with Crippen molar-refractivity contribution in [3.8, 4) is 17.0 Å². The molecule has 0 bridgehead atoms. The molecule has 1 aliphatic heterocycles. The first-order valence-electron chi connectivity index (χ1n) is 7.56. The first-order chi connectivity index (χ1) is 10.7. The number of piperidine rings is 1. The number of carbonyl (C=O) groups is 1. The highest BCUT2D eigenvalue weighted by molar-refractivity contribution is 5.73. The topological polar surface area (TPSA) is 71.1 Å². The van der Waals surface area contributed by atoms with Crippen LogP contribution in [0.4, 0.5) is 0 Å². The maximum Gasteiger partial charge on any atom is 0.219 e. The quantitative estimate of drug-likeness (QED) is 0.938. The largest absolute Gasteiger partial charge is 0.492 e. The van der Waals surface area contributed by atoms with E-state index >= 15 is 0 Å². The van der Waals surface area contributed by atoms with Gasteiger partial charge in [0.05, 0.1) is 24.7 Å². The lowest BCUT2D eigenvalue weighted by Crippen LogP contribution is -2.38. The predicted molar refractivity (Wildman–Crippen MR) is 82.3 cm³/mol. The van der Waals surface area contributed by atoms with Gasteiger partial charge in [-0.1, -0.05) is 0 Å². The molecule has 0 aliphatic carbocycles. The third-order valence-corrected chi connectivity index (χ3v) is 4.08. The number of nitrogens with zero attached hydrogens (tertiary/aromatic N) is 3. The molecule has 0 spiro atoms. The number of hydrogen-bond acceptors (Lipinski definition) is 4. The Morgan fingerprint density at radius 3 is 2.77 bits per heavy atom. The van der Waals surface area contributed by atoms with E-state index < -0.39 is 0 Å². The van der Waals surface area contributed by atoms with Gasteiger partial charge in [-0.25, -0.2) is 0 Å². The lowest BCUT2D eigenvalue weighted by molar-refractivity contribution is -0.130. The Bertz CT molecular complexity index is 602. The maximum atomic E-state index is 11.3. The van der Waals surface area contributed by atoms with E-state index in [0.717, 1.165) is 42.9 Å². The number of H-pyrrole nitrogens is 1. The molecule has 2 aromatic heterocycles. The van der Waals surface area contributed by atoms with Crippen molar-refractivity contribution in [1.29, 1.82) is 0 Å². The number of hydrogen-bond donors (Lipinski definition) is 1. The number of pyridine rings is 1. The molecule has 1 amide bonds. The van der Waals surface area contributed by atoms with Crippen molar-refractivity contribution in [2.75, 3.05) is 19.7 Å². The average Bonchev–Trinajstić information content (AvgIpc) is 3.08. The number of carbonyl (C=O) groups excluding carboxylic acids is 1. The summed E-state index contributed by atoms with van der Waals surface area (Å²) in [4.78, 5) is 17.6. The van der Waals surface area contributed by atoms with E-state index in [1.807, 2.05) is 23.2 Å². The van der Waals surface area contributed by atoms with Crippen LogP contribution >= 0.6 is 0 Å². The molecular formula is C16H20N4O2. The van der Waals surface area contributed by atoms with Gasteiger partial charge in [0.15, 0.2) is 0 Å². The molecule has 2 aromatic rings. The fourth-order valence-electron chi connectivity index (χ4n) is 2.66. The minimum atomic E-state index is 0.165. The van der Waals surface area contributed by atoms with Crippen molar-refractivity contribution in [3.05, 3.63) is 30.7 Å². The fraction of sp³-hybridized carbons (Fsp3) is 0.438.